The molecule has 1 aromatic carbocycles. The van der Waals surface area contributed by atoms with Gasteiger partial charge in [0.25, 0.3) is 0 Å². The number of hydrogen-bond donors (Lipinski definition) is 1. The highest BCUT2D eigenvalue weighted by Crippen LogP contribution is 2.30. The van der Waals surface area contributed by atoms with Gasteiger partial charge in [0.2, 0.25) is 5.13 Å². The van der Waals surface area contributed by atoms with E-state index in [9.17, 15) is 0 Å². The second-order valence-corrected chi connectivity index (χ2v) is 6.92. The van der Waals surface area contributed by atoms with E-state index in [-0.39, 0.29) is 0 Å². The Morgan fingerprint density at radius 3 is 2.78 bits per heavy atom. The van der Waals surface area contributed by atoms with E-state index in [4.69, 9.17) is 5.73 Å². The average molecular weight is 345 g/mol. The molecule has 0 bridgehead atoms. The number of benzene rings is 1. The molecular formula is C11H13BrN4S2. The van der Waals surface area contributed by atoms with Crippen molar-refractivity contribution >= 4 is 49.8 Å². The highest BCUT2D eigenvalue weighted by Gasteiger charge is 2.07. The second-order valence-electron chi connectivity index (χ2n) is 3.89. The number of aromatic nitrogens is 2. The van der Waals surface area contributed by atoms with Crippen LogP contribution >= 0.6 is 39.0 Å². The number of hydrogen-bond acceptors (Lipinski definition) is 6. The van der Waals surface area contributed by atoms with Crippen molar-refractivity contribution in [3.05, 3.63) is 28.2 Å². The van der Waals surface area contributed by atoms with Crippen molar-refractivity contribution in [3.63, 3.8) is 0 Å². The average Bonchev–Trinajstić information content (AvgIpc) is 2.79. The maximum atomic E-state index is 5.85. The Balaban J connectivity index is 2.00. The van der Waals surface area contributed by atoms with Crippen LogP contribution in [0.3, 0.4) is 0 Å². The van der Waals surface area contributed by atoms with E-state index in [0.717, 1.165) is 25.4 Å². The summed E-state index contributed by atoms with van der Waals surface area (Å²) in [5, 5.41) is 9.17. The summed E-state index contributed by atoms with van der Waals surface area (Å²) in [5.41, 5.74) is 7.79. The normalized spacial score (nSPS) is 10.6. The van der Waals surface area contributed by atoms with Crippen LogP contribution in [0.15, 0.2) is 27.0 Å². The van der Waals surface area contributed by atoms with Gasteiger partial charge in [0, 0.05) is 30.0 Å². The summed E-state index contributed by atoms with van der Waals surface area (Å²) in [6.45, 7) is 0. The zero-order chi connectivity index (χ0) is 13.1. The van der Waals surface area contributed by atoms with Gasteiger partial charge in [-0.1, -0.05) is 29.2 Å². The van der Waals surface area contributed by atoms with Crippen molar-refractivity contribution in [2.45, 2.75) is 10.1 Å². The fourth-order valence-corrected chi connectivity index (χ4v) is 3.22. The zero-order valence-corrected chi connectivity index (χ0v) is 13.3. The van der Waals surface area contributed by atoms with Gasteiger partial charge in [-0.25, -0.2) is 0 Å². The van der Waals surface area contributed by atoms with Gasteiger partial charge >= 0.3 is 0 Å². The Hall–Kier alpha value is -0.790. The van der Waals surface area contributed by atoms with E-state index < -0.39 is 0 Å². The maximum Gasteiger partial charge on any atom is 0.208 e. The minimum atomic E-state index is 0.763. The van der Waals surface area contributed by atoms with E-state index in [1.54, 1.807) is 23.1 Å². The third-order valence-corrected chi connectivity index (χ3v) is 5.22. The van der Waals surface area contributed by atoms with Gasteiger partial charge < -0.3 is 10.6 Å². The fourth-order valence-electron chi connectivity index (χ4n) is 1.27. The van der Waals surface area contributed by atoms with Crippen LogP contribution in [0.25, 0.3) is 0 Å². The number of nitrogens with zero attached hydrogens (tertiary/aromatic N) is 3. The smallest absolute Gasteiger partial charge is 0.208 e. The minimum Gasteiger partial charge on any atom is -0.398 e. The number of thioether (sulfide) groups is 1. The standard InChI is InChI=1S/C11H13BrN4S2/c1-16(2)10-14-15-11(18-10)17-6-7-3-4-8(12)9(13)5-7/h3-5H,6,13H2,1-2H3. The lowest BCUT2D eigenvalue weighted by Gasteiger charge is -2.04. The Labute approximate surface area is 123 Å². The number of halogens is 1. The van der Waals surface area contributed by atoms with E-state index in [0.29, 0.717) is 0 Å². The molecule has 0 saturated carbocycles. The molecular weight excluding hydrogens is 332 g/mol. The first-order chi connectivity index (χ1) is 8.56. The Morgan fingerprint density at radius 1 is 1.39 bits per heavy atom. The summed E-state index contributed by atoms with van der Waals surface area (Å²) < 4.78 is 1.90. The van der Waals surface area contributed by atoms with Crippen LogP contribution in [0, 0.1) is 0 Å². The summed E-state index contributed by atoms with van der Waals surface area (Å²) in [6.07, 6.45) is 0. The first-order valence-corrected chi connectivity index (χ1v) is 7.83. The van der Waals surface area contributed by atoms with Gasteiger partial charge in [-0.15, -0.1) is 10.2 Å². The highest BCUT2D eigenvalue weighted by atomic mass is 79.9. The van der Waals surface area contributed by atoms with Crippen molar-refractivity contribution in [3.8, 4) is 0 Å². The SMILES string of the molecule is CN(C)c1nnc(SCc2ccc(Br)c(N)c2)s1. The molecule has 18 heavy (non-hydrogen) atoms. The molecule has 0 saturated heterocycles. The van der Waals surface area contributed by atoms with Gasteiger partial charge in [0.15, 0.2) is 4.34 Å². The summed E-state index contributed by atoms with van der Waals surface area (Å²) in [6, 6.07) is 6.00. The molecule has 4 nitrogen and oxygen atoms in total. The lowest BCUT2D eigenvalue weighted by atomic mass is 10.2. The predicted octanol–water partition coefficient (Wildman–Crippen LogP) is 3.24. The van der Waals surface area contributed by atoms with E-state index in [1.807, 2.05) is 31.1 Å². The van der Waals surface area contributed by atoms with Crippen LogP contribution in [0.2, 0.25) is 0 Å². The molecule has 1 heterocycles. The van der Waals surface area contributed by atoms with Crippen molar-refractivity contribution in [2.75, 3.05) is 24.7 Å². The van der Waals surface area contributed by atoms with Crippen molar-refractivity contribution in [1.29, 1.82) is 0 Å². The molecule has 0 radical (unpaired) electrons. The first kappa shape index (κ1) is 13.6. The molecule has 96 valence electrons. The summed E-state index contributed by atoms with van der Waals surface area (Å²) in [4.78, 5) is 1.96. The summed E-state index contributed by atoms with van der Waals surface area (Å²) >= 11 is 6.65. The molecule has 0 spiro atoms. The van der Waals surface area contributed by atoms with Gasteiger partial charge in [0.1, 0.15) is 0 Å². The second kappa shape index (κ2) is 5.90. The van der Waals surface area contributed by atoms with Crippen LogP contribution in [-0.2, 0) is 5.75 Å². The van der Waals surface area contributed by atoms with Gasteiger partial charge in [-0.2, -0.15) is 0 Å². The summed E-state index contributed by atoms with van der Waals surface area (Å²) in [5.74, 6) is 0.847. The Morgan fingerprint density at radius 2 is 2.17 bits per heavy atom. The molecule has 0 aliphatic heterocycles. The largest absolute Gasteiger partial charge is 0.398 e. The molecule has 2 aromatic rings. The summed E-state index contributed by atoms with van der Waals surface area (Å²) in [7, 11) is 3.93. The van der Waals surface area contributed by atoms with E-state index in [1.165, 1.54) is 5.56 Å². The fraction of sp³-hybridized carbons (Fsp3) is 0.273. The van der Waals surface area contributed by atoms with Crippen LogP contribution in [0.1, 0.15) is 5.56 Å². The van der Waals surface area contributed by atoms with Crippen LogP contribution < -0.4 is 10.6 Å². The molecule has 0 aliphatic carbocycles. The lowest BCUT2D eigenvalue weighted by Crippen LogP contribution is -2.07. The number of rotatable bonds is 4. The Kier molecular flexibility index (Phi) is 4.47. The van der Waals surface area contributed by atoms with E-state index in [2.05, 4.69) is 32.2 Å². The Bertz CT molecular complexity index is 542. The van der Waals surface area contributed by atoms with Crippen LogP contribution in [0.4, 0.5) is 10.8 Å². The molecule has 0 aliphatic rings. The minimum absolute atomic E-state index is 0.763. The third-order valence-electron chi connectivity index (χ3n) is 2.20. The predicted molar refractivity (Wildman–Crippen MR) is 82.4 cm³/mol. The van der Waals surface area contributed by atoms with Gasteiger partial charge in [-0.05, 0) is 33.6 Å². The first-order valence-electron chi connectivity index (χ1n) is 5.24. The highest BCUT2D eigenvalue weighted by molar-refractivity contribution is 9.10. The molecule has 0 fully saturated rings. The molecule has 0 atom stereocenters. The number of nitrogens with two attached hydrogens (primary N) is 1. The van der Waals surface area contributed by atoms with Gasteiger partial charge in [-0.3, -0.25) is 0 Å². The molecule has 0 unspecified atom stereocenters. The van der Waals surface area contributed by atoms with Crippen LogP contribution in [-0.4, -0.2) is 24.3 Å². The monoisotopic (exact) mass is 344 g/mol. The quantitative estimate of drug-likeness (QED) is 0.681. The number of nitrogen functional groups attached to an aromatic ring is 1. The van der Waals surface area contributed by atoms with Crippen molar-refractivity contribution in [1.82, 2.24) is 10.2 Å². The van der Waals surface area contributed by atoms with Crippen molar-refractivity contribution in [2.24, 2.45) is 0 Å². The topological polar surface area (TPSA) is 55.0 Å². The van der Waals surface area contributed by atoms with Crippen molar-refractivity contribution < 1.29 is 0 Å². The number of anilines is 2. The molecule has 1 aromatic heterocycles. The zero-order valence-electron chi connectivity index (χ0n) is 10.1. The lowest BCUT2D eigenvalue weighted by molar-refractivity contribution is 0.972. The molecule has 7 heteroatoms. The molecule has 2 rings (SSSR count). The van der Waals surface area contributed by atoms with Gasteiger partial charge in [0.05, 0.1) is 0 Å². The third kappa shape index (κ3) is 3.37. The van der Waals surface area contributed by atoms with Crippen LogP contribution in [0.5, 0.6) is 0 Å². The molecule has 2 N–H and O–H groups in total. The van der Waals surface area contributed by atoms with E-state index >= 15 is 0 Å². The molecule has 0 amide bonds. The maximum absolute atomic E-state index is 5.85.